The van der Waals surface area contributed by atoms with Crippen molar-refractivity contribution in [3.63, 3.8) is 0 Å². The van der Waals surface area contributed by atoms with Crippen molar-refractivity contribution < 1.29 is 27.8 Å². The Balaban J connectivity index is 1.92. The van der Waals surface area contributed by atoms with Crippen molar-refractivity contribution in [2.24, 2.45) is 0 Å². The van der Waals surface area contributed by atoms with Gasteiger partial charge in [0.05, 0.1) is 25.7 Å². The molecule has 2 fully saturated rings. The summed E-state index contributed by atoms with van der Waals surface area (Å²) in [4.78, 5) is 1.56. The van der Waals surface area contributed by atoms with E-state index in [9.17, 15) is 18.3 Å². The molecule has 7 heteroatoms. The highest BCUT2D eigenvalue weighted by Crippen LogP contribution is 2.37. The molecule has 2 unspecified atom stereocenters. The number of halogens is 3. The molecular formula is C12H20F3NO3. The van der Waals surface area contributed by atoms with Gasteiger partial charge in [-0.3, -0.25) is 0 Å². The monoisotopic (exact) mass is 283 g/mol. The molecule has 0 aromatic carbocycles. The molecule has 1 N–H and O–H groups in total. The van der Waals surface area contributed by atoms with Gasteiger partial charge in [0.15, 0.2) is 5.79 Å². The van der Waals surface area contributed by atoms with Crippen LogP contribution in [-0.2, 0) is 9.47 Å². The molecule has 112 valence electrons. The van der Waals surface area contributed by atoms with Crippen LogP contribution in [0.1, 0.15) is 25.7 Å². The molecule has 1 saturated carbocycles. The molecule has 1 spiro atoms. The van der Waals surface area contributed by atoms with E-state index >= 15 is 0 Å². The van der Waals surface area contributed by atoms with Crippen LogP contribution >= 0.6 is 0 Å². The van der Waals surface area contributed by atoms with Crippen LogP contribution in [0.25, 0.3) is 0 Å². The molecule has 19 heavy (non-hydrogen) atoms. The zero-order chi connectivity index (χ0) is 14.1. The zero-order valence-corrected chi connectivity index (χ0v) is 10.9. The van der Waals surface area contributed by atoms with Crippen LogP contribution in [0.4, 0.5) is 13.2 Å². The fraction of sp³-hybridized carbons (Fsp3) is 1.00. The Hall–Kier alpha value is -0.370. The average Bonchev–Trinajstić information content (AvgIpc) is 2.77. The third-order valence-corrected chi connectivity index (χ3v) is 3.91. The highest BCUT2D eigenvalue weighted by molar-refractivity contribution is 4.92. The van der Waals surface area contributed by atoms with E-state index in [0.717, 1.165) is 0 Å². The fourth-order valence-electron chi connectivity index (χ4n) is 2.79. The third-order valence-electron chi connectivity index (χ3n) is 3.91. The number of alkyl halides is 3. The maximum absolute atomic E-state index is 12.2. The van der Waals surface area contributed by atoms with Crippen LogP contribution in [0.5, 0.6) is 0 Å². The first-order valence-electron chi connectivity index (χ1n) is 6.54. The molecule has 0 aromatic rings. The van der Waals surface area contributed by atoms with Gasteiger partial charge in [0, 0.05) is 25.4 Å². The van der Waals surface area contributed by atoms with E-state index in [1.165, 1.54) is 0 Å². The summed E-state index contributed by atoms with van der Waals surface area (Å²) in [5, 5.41) is 9.98. The highest BCUT2D eigenvalue weighted by Gasteiger charge is 2.46. The average molecular weight is 283 g/mol. The maximum Gasteiger partial charge on any atom is 0.390 e. The number of ether oxygens (including phenoxy) is 2. The molecule has 4 nitrogen and oxygen atoms in total. The van der Waals surface area contributed by atoms with Gasteiger partial charge in [-0.2, -0.15) is 13.2 Å². The topological polar surface area (TPSA) is 41.9 Å². The summed E-state index contributed by atoms with van der Waals surface area (Å²) in [7, 11) is 1.60. The zero-order valence-electron chi connectivity index (χ0n) is 10.9. The Bertz CT molecular complexity index is 305. The first-order valence-corrected chi connectivity index (χ1v) is 6.54. The molecule has 0 radical (unpaired) electrons. The summed E-state index contributed by atoms with van der Waals surface area (Å²) in [6.07, 6.45) is -4.18. The Morgan fingerprint density at radius 2 is 1.95 bits per heavy atom. The Labute approximate surface area is 110 Å². The van der Waals surface area contributed by atoms with Crippen molar-refractivity contribution in [3.8, 4) is 0 Å². The van der Waals surface area contributed by atoms with E-state index in [4.69, 9.17) is 9.47 Å². The summed E-state index contributed by atoms with van der Waals surface area (Å²) in [6, 6.07) is -0.353. The van der Waals surface area contributed by atoms with Crippen molar-refractivity contribution in [1.82, 2.24) is 4.90 Å². The lowest BCUT2D eigenvalue weighted by atomic mass is 9.86. The SMILES string of the molecule is CN(CCC(F)(F)F)C1CC2(CCC1O)OCCO2. The summed E-state index contributed by atoms with van der Waals surface area (Å²) in [6.45, 7) is 0.894. The largest absolute Gasteiger partial charge is 0.391 e. The predicted octanol–water partition coefficient (Wildman–Crippen LogP) is 1.53. The van der Waals surface area contributed by atoms with Gasteiger partial charge < -0.3 is 19.5 Å². The van der Waals surface area contributed by atoms with E-state index in [2.05, 4.69) is 0 Å². The summed E-state index contributed by atoms with van der Waals surface area (Å²) < 4.78 is 47.9. The number of hydrogen-bond acceptors (Lipinski definition) is 4. The van der Waals surface area contributed by atoms with Crippen molar-refractivity contribution in [2.45, 2.75) is 49.8 Å². The fourth-order valence-corrected chi connectivity index (χ4v) is 2.79. The second kappa shape index (κ2) is 5.55. The van der Waals surface area contributed by atoms with Crippen molar-refractivity contribution in [2.75, 3.05) is 26.8 Å². The van der Waals surface area contributed by atoms with Crippen LogP contribution < -0.4 is 0 Å². The lowest BCUT2D eigenvalue weighted by Gasteiger charge is -2.42. The van der Waals surface area contributed by atoms with E-state index in [1.807, 2.05) is 0 Å². The minimum atomic E-state index is -4.17. The van der Waals surface area contributed by atoms with Gasteiger partial charge >= 0.3 is 6.18 Å². The Morgan fingerprint density at radius 1 is 1.32 bits per heavy atom. The third kappa shape index (κ3) is 3.81. The van der Waals surface area contributed by atoms with Crippen molar-refractivity contribution >= 4 is 0 Å². The normalized spacial score (nSPS) is 31.3. The lowest BCUT2D eigenvalue weighted by Crippen LogP contribution is -2.52. The second-order valence-corrected chi connectivity index (χ2v) is 5.33. The number of likely N-dealkylation sites (N-methyl/N-ethyl adjacent to an activating group) is 1. The van der Waals surface area contributed by atoms with Gasteiger partial charge in [0.2, 0.25) is 0 Å². The number of hydrogen-bond donors (Lipinski definition) is 1. The first-order chi connectivity index (χ1) is 8.81. The Morgan fingerprint density at radius 3 is 2.53 bits per heavy atom. The van der Waals surface area contributed by atoms with Crippen molar-refractivity contribution in [1.29, 1.82) is 0 Å². The van der Waals surface area contributed by atoms with Gasteiger partial charge in [-0.25, -0.2) is 0 Å². The first kappa shape index (κ1) is 15.0. The lowest BCUT2D eigenvalue weighted by molar-refractivity contribution is -0.205. The molecule has 0 amide bonds. The van der Waals surface area contributed by atoms with Gasteiger partial charge in [-0.05, 0) is 13.5 Å². The minimum absolute atomic E-state index is 0.124. The van der Waals surface area contributed by atoms with Crippen molar-refractivity contribution in [3.05, 3.63) is 0 Å². The van der Waals surface area contributed by atoms with Gasteiger partial charge in [0.25, 0.3) is 0 Å². The predicted molar refractivity (Wildman–Crippen MR) is 61.6 cm³/mol. The molecule has 0 aromatic heterocycles. The molecule has 1 heterocycles. The highest BCUT2D eigenvalue weighted by atomic mass is 19.4. The number of rotatable bonds is 3. The summed E-state index contributed by atoms with van der Waals surface area (Å²) in [5.74, 6) is -0.698. The molecule has 1 aliphatic heterocycles. The smallest absolute Gasteiger partial charge is 0.390 e. The second-order valence-electron chi connectivity index (χ2n) is 5.33. The molecule has 2 aliphatic rings. The number of aliphatic hydroxyl groups excluding tert-OH is 1. The van der Waals surface area contributed by atoms with E-state index in [-0.39, 0.29) is 12.6 Å². The van der Waals surface area contributed by atoms with E-state index in [1.54, 1.807) is 11.9 Å². The molecule has 2 atom stereocenters. The van der Waals surface area contributed by atoms with Crippen LogP contribution in [-0.4, -0.2) is 60.9 Å². The number of nitrogens with zero attached hydrogens (tertiary/aromatic N) is 1. The quantitative estimate of drug-likeness (QED) is 0.853. The molecule has 1 saturated heterocycles. The summed E-state index contributed by atoms with van der Waals surface area (Å²) in [5.41, 5.74) is 0. The molecule has 1 aliphatic carbocycles. The molecule has 0 bridgehead atoms. The maximum atomic E-state index is 12.2. The van der Waals surface area contributed by atoms with Crippen LogP contribution in [0.2, 0.25) is 0 Å². The van der Waals surface area contributed by atoms with Crippen LogP contribution in [0, 0.1) is 0 Å². The van der Waals surface area contributed by atoms with E-state index in [0.29, 0.717) is 32.5 Å². The van der Waals surface area contributed by atoms with Crippen LogP contribution in [0.3, 0.4) is 0 Å². The Kier molecular flexibility index (Phi) is 4.39. The summed E-state index contributed by atoms with van der Waals surface area (Å²) >= 11 is 0. The number of aliphatic hydroxyl groups is 1. The van der Waals surface area contributed by atoms with Crippen LogP contribution in [0.15, 0.2) is 0 Å². The minimum Gasteiger partial charge on any atom is -0.391 e. The van der Waals surface area contributed by atoms with Gasteiger partial charge in [-0.1, -0.05) is 0 Å². The van der Waals surface area contributed by atoms with E-state index < -0.39 is 24.5 Å². The molecule has 2 rings (SSSR count). The molecular weight excluding hydrogens is 263 g/mol. The van der Waals surface area contributed by atoms with Gasteiger partial charge in [-0.15, -0.1) is 0 Å². The van der Waals surface area contributed by atoms with Gasteiger partial charge in [0.1, 0.15) is 0 Å². The standard InChI is InChI=1S/C12H20F3NO3/c1-16(5-4-12(13,14)15)9-8-11(3-2-10(9)17)18-6-7-19-11/h9-10,17H,2-8H2,1H3.